The second-order valence-corrected chi connectivity index (χ2v) is 11.7. The van der Waals surface area contributed by atoms with Gasteiger partial charge in [-0.3, -0.25) is 14.5 Å². The summed E-state index contributed by atoms with van der Waals surface area (Å²) in [6.45, 7) is 4.02. The summed E-state index contributed by atoms with van der Waals surface area (Å²) in [5, 5.41) is 19.1. The van der Waals surface area contributed by atoms with Crippen molar-refractivity contribution in [3.05, 3.63) is 40.4 Å². The highest BCUT2D eigenvalue weighted by Gasteiger charge is 2.45. The van der Waals surface area contributed by atoms with Crippen LogP contribution >= 0.6 is 23.1 Å². The molecule has 1 atom stereocenters. The number of ether oxygens (including phenoxy) is 3. The number of ketones is 1. The molecule has 1 aromatic carbocycles. The Hall–Kier alpha value is -3.76. The van der Waals surface area contributed by atoms with E-state index in [1.54, 1.807) is 17.0 Å². The molecule has 0 bridgehead atoms. The van der Waals surface area contributed by atoms with E-state index in [1.165, 1.54) is 32.7 Å². The smallest absolute Gasteiger partial charge is 0.227 e. The van der Waals surface area contributed by atoms with Crippen LogP contribution in [0.1, 0.15) is 38.2 Å². The van der Waals surface area contributed by atoms with Crippen molar-refractivity contribution in [3.8, 4) is 23.3 Å². The summed E-state index contributed by atoms with van der Waals surface area (Å²) < 4.78 is 17.0. The second kappa shape index (κ2) is 10.5. The first-order chi connectivity index (χ1) is 18.0. The van der Waals surface area contributed by atoms with Gasteiger partial charge >= 0.3 is 0 Å². The van der Waals surface area contributed by atoms with Crippen LogP contribution in [0.25, 0.3) is 0 Å². The van der Waals surface area contributed by atoms with Crippen molar-refractivity contribution in [2.24, 2.45) is 16.9 Å². The number of carbonyl (C=O) groups excluding carboxylic acids is 2. The highest BCUT2D eigenvalue weighted by molar-refractivity contribution is 8.01. The number of benzene rings is 1. The van der Waals surface area contributed by atoms with Crippen LogP contribution in [0.15, 0.2) is 39.1 Å². The van der Waals surface area contributed by atoms with E-state index in [9.17, 15) is 14.9 Å². The molecule has 13 heteroatoms. The first-order valence-electron chi connectivity index (χ1n) is 11.6. The fraction of sp³-hybridized carbons (Fsp3) is 0.400. The van der Waals surface area contributed by atoms with Crippen LogP contribution in [0.4, 0.5) is 5.13 Å². The van der Waals surface area contributed by atoms with E-state index < -0.39 is 11.8 Å². The van der Waals surface area contributed by atoms with E-state index in [0.717, 1.165) is 11.8 Å². The molecule has 4 N–H and O–H groups in total. The minimum absolute atomic E-state index is 0.0477. The molecule has 2 aromatic rings. The monoisotopic (exact) mass is 556 g/mol. The normalized spacial score (nSPS) is 18.7. The van der Waals surface area contributed by atoms with E-state index in [4.69, 9.17) is 25.7 Å². The summed E-state index contributed by atoms with van der Waals surface area (Å²) in [5.41, 5.74) is 13.5. The van der Waals surface area contributed by atoms with Crippen LogP contribution in [0, 0.1) is 16.7 Å². The van der Waals surface area contributed by atoms with Gasteiger partial charge in [-0.2, -0.15) is 5.26 Å². The molecule has 0 fully saturated rings. The van der Waals surface area contributed by atoms with Crippen LogP contribution in [0.2, 0.25) is 0 Å². The predicted molar refractivity (Wildman–Crippen MR) is 143 cm³/mol. The summed E-state index contributed by atoms with van der Waals surface area (Å²) in [6, 6.07) is 5.69. The number of methoxy groups -OCH3 is 3. The quantitative estimate of drug-likeness (QED) is 0.459. The fourth-order valence-corrected chi connectivity index (χ4v) is 6.43. The Balaban J connectivity index is 1.94. The number of aromatic nitrogens is 2. The molecular formula is C25H28N6O5S2. The number of Topliss-reactive ketones (excluding diaryl/α,β-unsaturated/α-hetero) is 1. The topological polar surface area (TPSA) is 167 Å². The van der Waals surface area contributed by atoms with Crippen LogP contribution in [-0.4, -0.2) is 49.0 Å². The highest BCUT2D eigenvalue weighted by atomic mass is 32.2. The zero-order chi connectivity index (χ0) is 27.8. The van der Waals surface area contributed by atoms with Crippen molar-refractivity contribution < 1.29 is 23.8 Å². The van der Waals surface area contributed by atoms with Gasteiger partial charge in [-0.15, -0.1) is 10.2 Å². The molecule has 1 amide bonds. The Morgan fingerprint density at radius 1 is 1.21 bits per heavy atom. The maximum Gasteiger partial charge on any atom is 0.227 e. The highest BCUT2D eigenvalue weighted by Crippen LogP contribution is 2.52. The largest absolute Gasteiger partial charge is 0.493 e. The first-order valence-corrected chi connectivity index (χ1v) is 13.4. The van der Waals surface area contributed by atoms with Gasteiger partial charge in [0.2, 0.25) is 16.8 Å². The van der Waals surface area contributed by atoms with Crippen molar-refractivity contribution in [2.45, 2.75) is 36.9 Å². The lowest BCUT2D eigenvalue weighted by Crippen LogP contribution is -2.42. The lowest BCUT2D eigenvalue weighted by Gasteiger charge is -2.42. The Labute approximate surface area is 228 Å². The van der Waals surface area contributed by atoms with E-state index in [-0.39, 0.29) is 28.3 Å². The zero-order valence-electron chi connectivity index (χ0n) is 21.7. The number of hydrogen-bond donors (Lipinski definition) is 2. The molecule has 2 heterocycles. The minimum atomic E-state index is -0.750. The SMILES string of the molecule is COc1cc(C2C(C#N)=C(N)N(c3nnc(SCC(N)=O)s3)C3=C2C(=O)CC(C)(C)C3)cc(OC)c1OC. The number of thioether (sulfide) groups is 1. The van der Waals surface area contributed by atoms with Gasteiger partial charge in [0, 0.05) is 17.7 Å². The van der Waals surface area contributed by atoms with Crippen LogP contribution in [-0.2, 0) is 9.59 Å². The molecule has 2 aliphatic rings. The second-order valence-electron chi connectivity index (χ2n) is 9.54. The molecule has 1 aliphatic heterocycles. The van der Waals surface area contributed by atoms with Crippen molar-refractivity contribution in [2.75, 3.05) is 32.0 Å². The van der Waals surface area contributed by atoms with Crippen LogP contribution in [0.3, 0.4) is 0 Å². The number of anilines is 1. The zero-order valence-corrected chi connectivity index (χ0v) is 23.3. The average Bonchev–Trinajstić information content (AvgIpc) is 3.33. The number of hydrogen-bond acceptors (Lipinski definition) is 12. The number of amides is 1. The van der Waals surface area contributed by atoms with E-state index in [0.29, 0.717) is 56.4 Å². The van der Waals surface area contributed by atoms with Crippen LogP contribution in [0.5, 0.6) is 17.2 Å². The Morgan fingerprint density at radius 3 is 2.42 bits per heavy atom. The molecule has 38 heavy (non-hydrogen) atoms. The van der Waals surface area contributed by atoms with Gasteiger partial charge < -0.3 is 25.7 Å². The molecule has 1 aromatic heterocycles. The van der Waals surface area contributed by atoms with E-state index in [1.807, 2.05) is 13.8 Å². The van der Waals surface area contributed by atoms with Gasteiger partial charge in [0.05, 0.1) is 44.6 Å². The lowest BCUT2D eigenvalue weighted by molar-refractivity contribution is -0.118. The molecular weight excluding hydrogens is 528 g/mol. The standard InChI is InChI=1S/C25H28N6O5S2/c1-25(2)8-14-20(15(32)9-25)19(12-6-16(34-3)21(36-5)17(7-12)35-4)13(10-26)22(28)31(14)23-29-30-24(38-23)37-11-18(27)33/h6-7,19H,8-9,11,28H2,1-5H3,(H2,27,33). The van der Waals surface area contributed by atoms with Crippen molar-refractivity contribution >= 4 is 39.9 Å². The maximum absolute atomic E-state index is 13.8. The number of rotatable bonds is 8. The average molecular weight is 557 g/mol. The Bertz CT molecular complexity index is 1380. The number of primary amides is 1. The summed E-state index contributed by atoms with van der Waals surface area (Å²) in [5.74, 6) is 0.0654. The molecule has 0 saturated heterocycles. The Morgan fingerprint density at radius 2 is 1.87 bits per heavy atom. The minimum Gasteiger partial charge on any atom is -0.493 e. The van der Waals surface area contributed by atoms with Gasteiger partial charge in [0.25, 0.3) is 0 Å². The van der Waals surface area contributed by atoms with Gasteiger partial charge in [0.1, 0.15) is 5.82 Å². The van der Waals surface area contributed by atoms with Gasteiger partial charge in [-0.25, -0.2) is 0 Å². The number of nitrogens with zero attached hydrogens (tertiary/aromatic N) is 4. The molecule has 1 unspecified atom stereocenters. The molecule has 4 rings (SSSR count). The Kier molecular flexibility index (Phi) is 7.57. The third-order valence-corrected chi connectivity index (χ3v) is 8.39. The summed E-state index contributed by atoms with van der Waals surface area (Å²) in [4.78, 5) is 26.6. The van der Waals surface area contributed by atoms with E-state index >= 15 is 0 Å². The summed E-state index contributed by atoms with van der Waals surface area (Å²) in [7, 11) is 4.51. The third kappa shape index (κ3) is 4.89. The van der Waals surface area contributed by atoms with Gasteiger partial charge in [-0.1, -0.05) is 36.9 Å². The maximum atomic E-state index is 13.8. The fourth-order valence-electron chi connectivity index (χ4n) is 4.81. The van der Waals surface area contributed by atoms with Crippen molar-refractivity contribution in [1.29, 1.82) is 5.26 Å². The third-order valence-electron chi connectivity index (χ3n) is 6.33. The van der Waals surface area contributed by atoms with E-state index in [2.05, 4.69) is 16.3 Å². The summed E-state index contributed by atoms with van der Waals surface area (Å²) >= 11 is 2.36. The van der Waals surface area contributed by atoms with Gasteiger partial charge in [0.15, 0.2) is 21.6 Å². The number of nitrogens with two attached hydrogens (primary N) is 2. The van der Waals surface area contributed by atoms with Crippen molar-refractivity contribution in [1.82, 2.24) is 10.2 Å². The molecule has 0 radical (unpaired) electrons. The molecule has 200 valence electrons. The van der Waals surface area contributed by atoms with Crippen LogP contribution < -0.4 is 30.6 Å². The van der Waals surface area contributed by atoms with Crippen molar-refractivity contribution in [3.63, 3.8) is 0 Å². The van der Waals surface area contributed by atoms with Gasteiger partial charge in [-0.05, 0) is 29.5 Å². The lowest BCUT2D eigenvalue weighted by atomic mass is 9.68. The first kappa shape index (κ1) is 27.3. The predicted octanol–water partition coefficient (Wildman–Crippen LogP) is 3.08. The number of nitriles is 1. The molecule has 1 aliphatic carbocycles. The molecule has 11 nitrogen and oxygen atoms in total. The summed E-state index contributed by atoms with van der Waals surface area (Å²) in [6.07, 6.45) is 0.812. The number of carbonyl (C=O) groups is 2. The molecule has 0 spiro atoms. The molecule has 0 saturated carbocycles. The number of allylic oxidation sites excluding steroid dienone is 3.